The predicted molar refractivity (Wildman–Crippen MR) is 74.1 cm³/mol. The third kappa shape index (κ3) is 3.77. The van der Waals surface area contributed by atoms with E-state index < -0.39 is 0 Å². The largest absolute Gasteiger partial charge is 0.497 e. The maximum Gasteiger partial charge on any atom is 0.131 e. The first-order chi connectivity index (χ1) is 9.58. The molecule has 0 radical (unpaired) electrons. The van der Waals surface area contributed by atoms with Crippen LogP contribution in [0, 0.1) is 5.82 Å². The summed E-state index contributed by atoms with van der Waals surface area (Å²) >= 11 is 0. The Morgan fingerprint density at radius 3 is 2.85 bits per heavy atom. The molecule has 0 saturated heterocycles. The Balaban J connectivity index is 2.03. The van der Waals surface area contributed by atoms with Crippen LogP contribution in [-0.2, 0) is 13.1 Å². The zero-order chi connectivity index (χ0) is 14.5. The molecular formula is C14H19FN4O. The average molecular weight is 278 g/mol. The number of aromatic nitrogens is 3. The van der Waals surface area contributed by atoms with Gasteiger partial charge >= 0.3 is 0 Å². The van der Waals surface area contributed by atoms with Crippen molar-refractivity contribution in [2.45, 2.75) is 33.0 Å². The molecule has 1 aromatic carbocycles. The van der Waals surface area contributed by atoms with E-state index >= 15 is 0 Å². The summed E-state index contributed by atoms with van der Waals surface area (Å²) in [6, 6.07) is 5.19. The number of halogens is 1. The van der Waals surface area contributed by atoms with Gasteiger partial charge in [-0.1, -0.05) is 25.1 Å². The molecule has 0 unspecified atom stereocenters. The third-order valence-corrected chi connectivity index (χ3v) is 2.87. The maximum atomic E-state index is 13.8. The molecule has 108 valence electrons. The smallest absolute Gasteiger partial charge is 0.131 e. The number of rotatable bonds is 6. The minimum absolute atomic E-state index is 0.304. The van der Waals surface area contributed by atoms with Crippen LogP contribution in [0.2, 0.25) is 0 Å². The second-order valence-electron chi connectivity index (χ2n) is 4.90. The minimum Gasteiger partial charge on any atom is -0.497 e. The fourth-order valence-electron chi connectivity index (χ4n) is 1.76. The van der Waals surface area contributed by atoms with Crippen molar-refractivity contribution in [1.29, 1.82) is 0 Å². The van der Waals surface area contributed by atoms with Crippen LogP contribution in [0.4, 0.5) is 4.39 Å². The maximum absolute atomic E-state index is 13.8. The van der Waals surface area contributed by atoms with E-state index in [1.165, 1.54) is 13.2 Å². The van der Waals surface area contributed by atoms with Crippen LogP contribution in [0.15, 0.2) is 24.4 Å². The third-order valence-electron chi connectivity index (χ3n) is 2.87. The van der Waals surface area contributed by atoms with Crippen LogP contribution in [0.25, 0.3) is 0 Å². The number of hydrogen-bond acceptors (Lipinski definition) is 4. The van der Waals surface area contributed by atoms with E-state index in [4.69, 9.17) is 4.74 Å². The minimum atomic E-state index is -0.304. The number of methoxy groups -OCH3 is 1. The quantitative estimate of drug-likeness (QED) is 0.877. The summed E-state index contributed by atoms with van der Waals surface area (Å²) in [5.41, 5.74) is 1.40. The second kappa shape index (κ2) is 6.47. The summed E-state index contributed by atoms with van der Waals surface area (Å²) in [6.45, 7) is 5.14. The van der Waals surface area contributed by atoms with Crippen LogP contribution in [0.5, 0.6) is 5.75 Å². The van der Waals surface area contributed by atoms with Crippen LogP contribution in [0.3, 0.4) is 0 Å². The van der Waals surface area contributed by atoms with E-state index in [2.05, 4.69) is 29.5 Å². The topological polar surface area (TPSA) is 52.0 Å². The van der Waals surface area contributed by atoms with Gasteiger partial charge < -0.3 is 10.1 Å². The zero-order valence-electron chi connectivity index (χ0n) is 11.9. The Hall–Kier alpha value is -1.95. The van der Waals surface area contributed by atoms with Gasteiger partial charge in [0.15, 0.2) is 0 Å². The first-order valence-corrected chi connectivity index (χ1v) is 6.53. The van der Waals surface area contributed by atoms with E-state index in [1.54, 1.807) is 16.8 Å². The molecule has 0 bridgehead atoms. The lowest BCUT2D eigenvalue weighted by atomic mass is 10.2. The van der Waals surface area contributed by atoms with Crippen molar-refractivity contribution >= 4 is 0 Å². The van der Waals surface area contributed by atoms with Crippen molar-refractivity contribution in [1.82, 2.24) is 20.3 Å². The lowest BCUT2D eigenvalue weighted by Gasteiger charge is -2.05. The van der Waals surface area contributed by atoms with E-state index in [9.17, 15) is 4.39 Å². The molecule has 1 N–H and O–H groups in total. The highest BCUT2D eigenvalue weighted by Gasteiger charge is 2.07. The summed E-state index contributed by atoms with van der Waals surface area (Å²) in [5, 5.41) is 11.3. The van der Waals surface area contributed by atoms with Crippen molar-refractivity contribution in [3.63, 3.8) is 0 Å². The van der Waals surface area contributed by atoms with Crippen LogP contribution in [-0.4, -0.2) is 28.1 Å². The van der Waals surface area contributed by atoms with E-state index in [0.717, 1.165) is 5.69 Å². The Morgan fingerprint density at radius 2 is 2.20 bits per heavy atom. The number of nitrogens with zero attached hydrogens (tertiary/aromatic N) is 3. The average Bonchev–Trinajstić information content (AvgIpc) is 2.86. The van der Waals surface area contributed by atoms with Gasteiger partial charge in [-0.3, -0.25) is 0 Å². The summed E-state index contributed by atoms with van der Waals surface area (Å²) in [7, 11) is 1.51. The van der Waals surface area contributed by atoms with Crippen LogP contribution < -0.4 is 10.1 Å². The second-order valence-corrected chi connectivity index (χ2v) is 4.90. The van der Waals surface area contributed by atoms with Crippen molar-refractivity contribution in [2.24, 2.45) is 0 Å². The van der Waals surface area contributed by atoms with Gasteiger partial charge in [-0.15, -0.1) is 5.10 Å². The predicted octanol–water partition coefficient (Wildman–Crippen LogP) is 1.97. The number of benzene rings is 1. The lowest BCUT2D eigenvalue weighted by molar-refractivity contribution is 0.410. The molecule has 0 aliphatic carbocycles. The summed E-state index contributed by atoms with van der Waals surface area (Å²) in [4.78, 5) is 0. The molecule has 20 heavy (non-hydrogen) atoms. The standard InChI is InChI=1S/C14H19FN4O/c1-10(2)16-7-12-9-19(18-17-12)8-11-4-5-13(20-3)6-14(11)15/h4-6,9-10,16H,7-8H2,1-3H3. The van der Waals surface area contributed by atoms with Gasteiger partial charge in [0.1, 0.15) is 11.6 Å². The van der Waals surface area contributed by atoms with Crippen LogP contribution in [0.1, 0.15) is 25.1 Å². The van der Waals surface area contributed by atoms with E-state index in [0.29, 0.717) is 30.4 Å². The molecule has 5 nitrogen and oxygen atoms in total. The van der Waals surface area contributed by atoms with Crippen molar-refractivity contribution in [2.75, 3.05) is 7.11 Å². The van der Waals surface area contributed by atoms with Crippen molar-refractivity contribution in [3.05, 3.63) is 41.5 Å². The Labute approximate surface area is 117 Å². The Kier molecular flexibility index (Phi) is 4.68. The highest BCUT2D eigenvalue weighted by Crippen LogP contribution is 2.16. The Bertz CT molecular complexity index is 568. The highest BCUT2D eigenvalue weighted by molar-refractivity contribution is 5.28. The van der Waals surface area contributed by atoms with Crippen LogP contribution >= 0.6 is 0 Å². The lowest BCUT2D eigenvalue weighted by Crippen LogP contribution is -2.21. The van der Waals surface area contributed by atoms with Crippen molar-refractivity contribution < 1.29 is 9.13 Å². The molecule has 0 saturated carbocycles. The molecule has 1 aromatic heterocycles. The molecule has 0 aliphatic heterocycles. The van der Waals surface area contributed by atoms with Gasteiger partial charge in [-0.2, -0.15) is 0 Å². The van der Waals surface area contributed by atoms with Gasteiger partial charge in [0, 0.05) is 24.2 Å². The van der Waals surface area contributed by atoms with Gasteiger partial charge in [0.2, 0.25) is 0 Å². The molecule has 0 atom stereocenters. The first kappa shape index (κ1) is 14.5. The molecule has 0 spiro atoms. The van der Waals surface area contributed by atoms with E-state index in [-0.39, 0.29) is 5.82 Å². The molecule has 0 aliphatic rings. The molecule has 0 amide bonds. The number of hydrogen-bond donors (Lipinski definition) is 1. The fourth-order valence-corrected chi connectivity index (χ4v) is 1.76. The number of nitrogens with one attached hydrogen (secondary N) is 1. The Morgan fingerprint density at radius 1 is 1.40 bits per heavy atom. The summed E-state index contributed by atoms with van der Waals surface area (Å²) in [5.74, 6) is 0.202. The van der Waals surface area contributed by atoms with E-state index in [1.807, 2.05) is 6.20 Å². The summed E-state index contributed by atoms with van der Waals surface area (Å²) in [6.07, 6.45) is 1.82. The molecule has 6 heteroatoms. The number of ether oxygens (including phenoxy) is 1. The molecular weight excluding hydrogens is 259 g/mol. The zero-order valence-corrected chi connectivity index (χ0v) is 11.9. The van der Waals surface area contributed by atoms with Crippen molar-refractivity contribution in [3.8, 4) is 5.75 Å². The molecule has 2 aromatic rings. The normalized spacial score (nSPS) is 11.1. The fraction of sp³-hybridized carbons (Fsp3) is 0.429. The van der Waals surface area contributed by atoms with Gasteiger partial charge in [-0.05, 0) is 6.07 Å². The van der Waals surface area contributed by atoms with Gasteiger partial charge in [0.05, 0.1) is 25.5 Å². The first-order valence-electron chi connectivity index (χ1n) is 6.53. The highest BCUT2D eigenvalue weighted by atomic mass is 19.1. The SMILES string of the molecule is COc1ccc(Cn2cc(CNC(C)C)nn2)c(F)c1. The summed E-state index contributed by atoms with van der Waals surface area (Å²) < 4.78 is 20.4. The monoisotopic (exact) mass is 278 g/mol. The van der Waals surface area contributed by atoms with Gasteiger partial charge in [0.25, 0.3) is 0 Å². The molecule has 2 rings (SSSR count). The molecule has 1 heterocycles. The molecule has 0 fully saturated rings. The van der Waals surface area contributed by atoms with Gasteiger partial charge in [-0.25, -0.2) is 9.07 Å².